The van der Waals surface area contributed by atoms with Gasteiger partial charge in [-0.1, -0.05) is 24.4 Å². The number of halogens is 1. The monoisotopic (exact) mass is 315 g/mol. The van der Waals surface area contributed by atoms with Gasteiger partial charge in [-0.3, -0.25) is 4.31 Å². The third kappa shape index (κ3) is 2.67. The van der Waals surface area contributed by atoms with Gasteiger partial charge in [-0.05, 0) is 37.1 Å². The minimum absolute atomic E-state index is 0.0108. The van der Waals surface area contributed by atoms with Crippen molar-refractivity contribution in [2.24, 2.45) is 0 Å². The molecule has 1 aromatic carbocycles. The van der Waals surface area contributed by atoms with Gasteiger partial charge in [-0.15, -0.1) is 0 Å². The Balaban J connectivity index is 2.03. The SMILES string of the molecule is O=S1(=O)CCO[C@H]2CCCC[C@@H]2N1c1ccc(Cl)cc1. The molecule has 0 bridgehead atoms. The lowest BCUT2D eigenvalue weighted by molar-refractivity contribution is 0.0297. The molecule has 2 atom stereocenters. The molecular weight excluding hydrogens is 298 g/mol. The third-order valence-corrected chi connectivity index (χ3v) is 6.04. The maximum Gasteiger partial charge on any atom is 0.237 e. The molecule has 0 unspecified atom stereocenters. The second kappa shape index (κ2) is 5.54. The Kier molecular flexibility index (Phi) is 3.93. The molecular formula is C14H18ClNO3S. The van der Waals surface area contributed by atoms with E-state index in [0.717, 1.165) is 25.7 Å². The summed E-state index contributed by atoms with van der Waals surface area (Å²) in [4.78, 5) is 0. The van der Waals surface area contributed by atoms with Gasteiger partial charge < -0.3 is 4.74 Å². The Morgan fingerprint density at radius 1 is 1.15 bits per heavy atom. The van der Waals surface area contributed by atoms with Crippen molar-refractivity contribution in [3.8, 4) is 0 Å². The number of benzene rings is 1. The Bertz CT molecular complexity index is 573. The number of hydrogen-bond acceptors (Lipinski definition) is 3. The number of rotatable bonds is 1. The minimum atomic E-state index is -3.33. The molecule has 1 aromatic rings. The number of ether oxygens (including phenoxy) is 1. The van der Waals surface area contributed by atoms with Crippen LogP contribution in [-0.2, 0) is 14.8 Å². The largest absolute Gasteiger partial charge is 0.375 e. The second-order valence-electron chi connectivity index (χ2n) is 5.35. The molecule has 0 aromatic heterocycles. The predicted molar refractivity (Wildman–Crippen MR) is 79.7 cm³/mol. The molecule has 0 spiro atoms. The molecule has 4 nitrogen and oxygen atoms in total. The topological polar surface area (TPSA) is 46.6 Å². The fraction of sp³-hybridized carbons (Fsp3) is 0.571. The maximum absolute atomic E-state index is 12.6. The molecule has 1 heterocycles. The second-order valence-corrected chi connectivity index (χ2v) is 7.75. The summed E-state index contributed by atoms with van der Waals surface area (Å²) in [7, 11) is -3.33. The summed E-state index contributed by atoms with van der Waals surface area (Å²) >= 11 is 5.90. The first-order chi connectivity index (χ1) is 9.58. The highest BCUT2D eigenvalue weighted by Gasteiger charge is 2.40. The predicted octanol–water partition coefficient (Wildman–Crippen LogP) is 2.82. The van der Waals surface area contributed by atoms with Crippen molar-refractivity contribution in [1.82, 2.24) is 0 Å². The van der Waals surface area contributed by atoms with E-state index < -0.39 is 10.0 Å². The summed E-state index contributed by atoms with van der Waals surface area (Å²) in [6.07, 6.45) is 3.95. The Hall–Kier alpha value is -0.780. The number of nitrogens with zero attached hydrogens (tertiary/aromatic N) is 1. The molecule has 1 aliphatic heterocycles. The minimum Gasteiger partial charge on any atom is -0.375 e. The molecule has 6 heteroatoms. The van der Waals surface area contributed by atoms with Crippen molar-refractivity contribution in [2.45, 2.75) is 37.8 Å². The van der Waals surface area contributed by atoms with Gasteiger partial charge in [0.15, 0.2) is 0 Å². The van der Waals surface area contributed by atoms with Crippen molar-refractivity contribution in [3.05, 3.63) is 29.3 Å². The van der Waals surface area contributed by atoms with Gasteiger partial charge in [0.2, 0.25) is 10.0 Å². The fourth-order valence-corrected chi connectivity index (χ4v) is 4.82. The molecule has 3 rings (SSSR count). The smallest absolute Gasteiger partial charge is 0.237 e. The molecule has 2 aliphatic rings. The van der Waals surface area contributed by atoms with E-state index in [2.05, 4.69) is 0 Å². The molecule has 0 amide bonds. The van der Waals surface area contributed by atoms with Crippen LogP contribution >= 0.6 is 11.6 Å². The zero-order valence-corrected chi connectivity index (χ0v) is 12.7. The lowest BCUT2D eigenvalue weighted by atomic mass is 9.92. The molecule has 0 N–H and O–H groups in total. The molecule has 110 valence electrons. The highest BCUT2D eigenvalue weighted by Crippen LogP contribution is 2.34. The van der Waals surface area contributed by atoms with E-state index >= 15 is 0 Å². The lowest BCUT2D eigenvalue weighted by Crippen LogP contribution is -2.47. The zero-order chi connectivity index (χ0) is 14.2. The van der Waals surface area contributed by atoms with Crippen LogP contribution in [0.4, 0.5) is 5.69 Å². The van der Waals surface area contributed by atoms with Gasteiger partial charge in [0, 0.05) is 5.02 Å². The van der Waals surface area contributed by atoms with Gasteiger partial charge in [-0.25, -0.2) is 8.42 Å². The normalized spacial score (nSPS) is 29.6. The number of fused-ring (bicyclic) bond motifs is 1. The van der Waals surface area contributed by atoms with E-state index in [0.29, 0.717) is 10.7 Å². The van der Waals surface area contributed by atoms with E-state index in [4.69, 9.17) is 16.3 Å². The molecule has 1 saturated carbocycles. The van der Waals surface area contributed by atoms with Crippen molar-refractivity contribution >= 4 is 27.3 Å². The van der Waals surface area contributed by atoms with Crippen LogP contribution < -0.4 is 4.31 Å². The summed E-state index contributed by atoms with van der Waals surface area (Å²) in [6, 6.07) is 6.93. The molecule has 2 fully saturated rings. The summed E-state index contributed by atoms with van der Waals surface area (Å²) in [5.74, 6) is 0.0443. The Morgan fingerprint density at radius 3 is 2.60 bits per heavy atom. The lowest BCUT2D eigenvalue weighted by Gasteiger charge is -2.37. The average Bonchev–Trinajstić information content (AvgIpc) is 2.55. The number of anilines is 1. The van der Waals surface area contributed by atoms with Crippen LogP contribution in [0.15, 0.2) is 24.3 Å². The van der Waals surface area contributed by atoms with Crippen LogP contribution in [0, 0.1) is 0 Å². The first-order valence-corrected chi connectivity index (χ1v) is 8.96. The van der Waals surface area contributed by atoms with E-state index in [9.17, 15) is 8.42 Å². The van der Waals surface area contributed by atoms with E-state index in [1.165, 1.54) is 0 Å². The van der Waals surface area contributed by atoms with Gasteiger partial charge in [0.1, 0.15) is 0 Å². The van der Waals surface area contributed by atoms with Gasteiger partial charge in [0.25, 0.3) is 0 Å². The molecule has 20 heavy (non-hydrogen) atoms. The summed E-state index contributed by atoms with van der Waals surface area (Å²) < 4.78 is 32.5. The average molecular weight is 316 g/mol. The van der Waals surface area contributed by atoms with Crippen LogP contribution in [-0.4, -0.2) is 32.9 Å². The van der Waals surface area contributed by atoms with Crippen LogP contribution in [0.5, 0.6) is 0 Å². The third-order valence-electron chi connectivity index (χ3n) is 4.02. The van der Waals surface area contributed by atoms with Gasteiger partial charge in [-0.2, -0.15) is 0 Å². The molecule has 1 aliphatic carbocycles. The van der Waals surface area contributed by atoms with Crippen LogP contribution in [0.25, 0.3) is 0 Å². The van der Waals surface area contributed by atoms with Crippen LogP contribution in [0.2, 0.25) is 5.02 Å². The summed E-state index contributed by atoms with van der Waals surface area (Å²) in [6.45, 7) is 0.285. The van der Waals surface area contributed by atoms with E-state index in [1.54, 1.807) is 28.6 Å². The van der Waals surface area contributed by atoms with Crippen LogP contribution in [0.1, 0.15) is 25.7 Å². The first kappa shape index (κ1) is 14.2. The van der Waals surface area contributed by atoms with E-state index in [1.807, 2.05) is 0 Å². The molecule has 1 saturated heterocycles. The van der Waals surface area contributed by atoms with Gasteiger partial charge in [0.05, 0.1) is 30.2 Å². The van der Waals surface area contributed by atoms with Crippen molar-refractivity contribution in [2.75, 3.05) is 16.7 Å². The van der Waals surface area contributed by atoms with Gasteiger partial charge >= 0.3 is 0 Å². The Morgan fingerprint density at radius 2 is 1.85 bits per heavy atom. The quantitative estimate of drug-likeness (QED) is 0.800. The summed E-state index contributed by atoms with van der Waals surface area (Å²) in [5, 5.41) is 0.609. The molecule has 0 radical (unpaired) electrons. The standard InChI is InChI=1S/C14H18ClNO3S/c15-11-5-7-12(8-6-11)16-13-3-1-2-4-14(13)19-9-10-20(16,17)18/h5-8,13-14H,1-4,9-10H2/t13-,14-/m0/s1. The van der Waals surface area contributed by atoms with Crippen molar-refractivity contribution in [3.63, 3.8) is 0 Å². The van der Waals surface area contributed by atoms with E-state index in [-0.39, 0.29) is 24.5 Å². The number of sulfonamides is 1. The summed E-state index contributed by atoms with van der Waals surface area (Å²) in [5.41, 5.74) is 0.691. The number of hydrogen-bond donors (Lipinski definition) is 0. The first-order valence-electron chi connectivity index (χ1n) is 6.97. The Labute approximate surface area is 124 Å². The highest BCUT2D eigenvalue weighted by molar-refractivity contribution is 7.92. The van der Waals surface area contributed by atoms with Crippen molar-refractivity contribution in [1.29, 1.82) is 0 Å². The van der Waals surface area contributed by atoms with Crippen molar-refractivity contribution < 1.29 is 13.2 Å². The fourth-order valence-electron chi connectivity index (χ4n) is 3.09. The van der Waals surface area contributed by atoms with Crippen LogP contribution in [0.3, 0.4) is 0 Å². The maximum atomic E-state index is 12.6. The zero-order valence-electron chi connectivity index (χ0n) is 11.2. The highest BCUT2D eigenvalue weighted by atomic mass is 35.5.